The fraction of sp³-hybridized carbons (Fsp3) is 0.400. The molecule has 2 rings (SSSR count). The van der Waals surface area contributed by atoms with Gasteiger partial charge in [-0.15, -0.1) is 0 Å². The van der Waals surface area contributed by atoms with Crippen LogP contribution in [0.3, 0.4) is 0 Å². The van der Waals surface area contributed by atoms with Gasteiger partial charge < -0.3 is 16.2 Å². The summed E-state index contributed by atoms with van der Waals surface area (Å²) < 4.78 is 38.2. The number of anilines is 2. The molecule has 0 spiro atoms. The highest BCUT2D eigenvalue weighted by molar-refractivity contribution is 5.87. The predicted octanol–water partition coefficient (Wildman–Crippen LogP) is 1.87. The third-order valence-corrected chi connectivity index (χ3v) is 2.80. The average Bonchev–Trinajstić information content (AvgIpc) is 3.01. The van der Waals surface area contributed by atoms with Gasteiger partial charge in [-0.25, -0.2) is 9.78 Å². The number of nitrogens with two attached hydrogens (primary N) is 1. The van der Waals surface area contributed by atoms with E-state index in [1.807, 2.05) is 0 Å². The van der Waals surface area contributed by atoms with E-state index >= 15 is 0 Å². The van der Waals surface area contributed by atoms with Gasteiger partial charge in [0.2, 0.25) is 0 Å². The summed E-state index contributed by atoms with van der Waals surface area (Å²) in [5, 5.41) is 10.9. The van der Waals surface area contributed by atoms with E-state index in [2.05, 4.69) is 10.3 Å². The van der Waals surface area contributed by atoms with Crippen molar-refractivity contribution < 1.29 is 23.1 Å². The van der Waals surface area contributed by atoms with Crippen LogP contribution in [0.25, 0.3) is 0 Å². The second-order valence-corrected chi connectivity index (χ2v) is 4.14. The quantitative estimate of drug-likeness (QED) is 0.773. The summed E-state index contributed by atoms with van der Waals surface area (Å²) in [4.78, 5) is 14.3. The largest absolute Gasteiger partial charge is 0.477 e. The minimum Gasteiger partial charge on any atom is -0.477 e. The van der Waals surface area contributed by atoms with Crippen LogP contribution in [0.2, 0.25) is 0 Å². The van der Waals surface area contributed by atoms with Crippen LogP contribution in [0, 0.1) is 0 Å². The molecule has 0 saturated heterocycles. The third kappa shape index (κ3) is 2.05. The van der Waals surface area contributed by atoms with E-state index in [4.69, 9.17) is 10.8 Å². The van der Waals surface area contributed by atoms with Crippen molar-refractivity contribution in [2.75, 3.05) is 11.1 Å². The summed E-state index contributed by atoms with van der Waals surface area (Å²) >= 11 is 0. The number of hydrogen-bond acceptors (Lipinski definition) is 4. The number of carboxylic acid groups (broad SMARTS) is 1. The molecule has 1 saturated carbocycles. The van der Waals surface area contributed by atoms with Crippen LogP contribution in [-0.4, -0.2) is 27.8 Å². The number of hydrogen-bond donors (Lipinski definition) is 3. The molecule has 0 aliphatic heterocycles. The molecular weight excluding hydrogens is 251 g/mol. The molecule has 0 atom stereocenters. The van der Waals surface area contributed by atoms with Gasteiger partial charge in [-0.1, -0.05) is 0 Å². The molecule has 18 heavy (non-hydrogen) atoms. The first kappa shape index (κ1) is 12.5. The Hall–Kier alpha value is -1.99. The summed E-state index contributed by atoms with van der Waals surface area (Å²) in [6.07, 6.45) is -4.57. The van der Waals surface area contributed by atoms with Gasteiger partial charge in [0.1, 0.15) is 5.54 Å². The van der Waals surface area contributed by atoms with Crippen molar-refractivity contribution in [1.29, 1.82) is 0 Å². The molecule has 1 aromatic rings. The van der Waals surface area contributed by atoms with Gasteiger partial charge in [0, 0.05) is 0 Å². The molecule has 5 nitrogen and oxygen atoms in total. The minimum absolute atomic E-state index is 0.0180. The number of aromatic nitrogens is 1. The van der Waals surface area contributed by atoms with Crippen molar-refractivity contribution in [3.63, 3.8) is 0 Å². The van der Waals surface area contributed by atoms with Gasteiger partial charge in [-0.2, -0.15) is 13.2 Å². The molecule has 1 fully saturated rings. The van der Waals surface area contributed by atoms with Crippen molar-refractivity contribution in [3.8, 4) is 0 Å². The van der Waals surface area contributed by atoms with Crippen molar-refractivity contribution in [2.45, 2.75) is 24.6 Å². The molecule has 0 amide bonds. The molecule has 0 unspecified atom stereocenters. The van der Waals surface area contributed by atoms with Crippen LogP contribution in [0.15, 0.2) is 12.1 Å². The Balaban J connectivity index is 2.30. The molecule has 98 valence electrons. The van der Waals surface area contributed by atoms with E-state index in [0.29, 0.717) is 0 Å². The van der Waals surface area contributed by atoms with E-state index in [9.17, 15) is 18.0 Å². The topological polar surface area (TPSA) is 88.2 Å². The number of nitrogens with zero attached hydrogens (tertiary/aromatic N) is 1. The first-order valence-corrected chi connectivity index (χ1v) is 5.10. The van der Waals surface area contributed by atoms with Crippen molar-refractivity contribution in [2.24, 2.45) is 0 Å². The monoisotopic (exact) mass is 261 g/mol. The highest BCUT2D eigenvalue weighted by Crippen LogP contribution is 2.51. The smallest absolute Gasteiger partial charge is 0.411 e. The zero-order valence-corrected chi connectivity index (χ0v) is 9.08. The number of rotatable bonds is 3. The van der Waals surface area contributed by atoms with Crippen molar-refractivity contribution >= 4 is 17.5 Å². The molecule has 8 heteroatoms. The molecule has 1 aliphatic rings. The minimum atomic E-state index is -4.42. The lowest BCUT2D eigenvalue weighted by molar-refractivity contribution is -0.151. The van der Waals surface area contributed by atoms with E-state index in [1.165, 1.54) is 6.07 Å². The van der Waals surface area contributed by atoms with E-state index in [-0.39, 0.29) is 30.0 Å². The lowest BCUT2D eigenvalue weighted by Crippen LogP contribution is -2.39. The molecule has 4 N–H and O–H groups in total. The summed E-state index contributed by atoms with van der Waals surface area (Å²) in [6, 6.07) is 2.35. The first-order chi connectivity index (χ1) is 8.25. The number of carboxylic acids is 1. The Labute approximate surface area is 99.8 Å². The summed E-state index contributed by atoms with van der Waals surface area (Å²) in [5.41, 5.74) is 3.09. The van der Waals surface area contributed by atoms with Crippen LogP contribution in [0.4, 0.5) is 24.7 Å². The van der Waals surface area contributed by atoms with Crippen LogP contribution in [-0.2, 0) is 0 Å². The number of pyridine rings is 1. The Kier molecular flexibility index (Phi) is 2.60. The molecule has 1 aromatic heterocycles. The predicted molar refractivity (Wildman–Crippen MR) is 57.3 cm³/mol. The second kappa shape index (κ2) is 3.76. The Morgan fingerprint density at radius 3 is 2.50 bits per heavy atom. The van der Waals surface area contributed by atoms with Crippen molar-refractivity contribution in [1.82, 2.24) is 4.98 Å². The number of carbonyl (C=O) groups is 1. The molecule has 1 heterocycles. The molecular formula is C10H10F3N3O2. The Morgan fingerprint density at radius 1 is 1.44 bits per heavy atom. The average molecular weight is 261 g/mol. The number of halogens is 3. The fourth-order valence-electron chi connectivity index (χ4n) is 1.52. The SMILES string of the molecule is Nc1ccc(C(=O)O)nc1NC1(C(F)(F)F)CC1. The van der Waals surface area contributed by atoms with Crippen LogP contribution >= 0.6 is 0 Å². The van der Waals surface area contributed by atoms with E-state index < -0.39 is 17.7 Å². The van der Waals surface area contributed by atoms with Crippen LogP contribution in [0.5, 0.6) is 0 Å². The zero-order chi connectivity index (χ0) is 13.6. The molecule has 0 aromatic carbocycles. The fourth-order valence-corrected chi connectivity index (χ4v) is 1.52. The van der Waals surface area contributed by atoms with Gasteiger partial charge >= 0.3 is 12.1 Å². The highest BCUT2D eigenvalue weighted by Gasteiger charge is 2.63. The van der Waals surface area contributed by atoms with E-state index in [0.717, 1.165) is 6.07 Å². The van der Waals surface area contributed by atoms with Gasteiger partial charge in [-0.3, -0.25) is 0 Å². The summed E-state index contributed by atoms with van der Waals surface area (Å²) in [5.74, 6) is -1.57. The number of nitrogen functional groups attached to an aromatic ring is 1. The maximum Gasteiger partial charge on any atom is 0.411 e. The third-order valence-electron chi connectivity index (χ3n) is 2.80. The van der Waals surface area contributed by atoms with Gasteiger partial charge in [-0.05, 0) is 25.0 Å². The maximum absolute atomic E-state index is 12.7. The van der Waals surface area contributed by atoms with Crippen LogP contribution in [0.1, 0.15) is 23.3 Å². The van der Waals surface area contributed by atoms with Crippen LogP contribution < -0.4 is 11.1 Å². The van der Waals surface area contributed by atoms with E-state index in [1.54, 1.807) is 0 Å². The summed E-state index contributed by atoms with van der Waals surface area (Å²) in [7, 11) is 0. The standard InChI is InChI=1S/C10H10F3N3O2/c11-10(12,13)9(3-4-9)16-7-5(14)1-2-6(15-7)8(17)18/h1-2H,3-4,14H2,(H,15,16)(H,17,18). The number of alkyl halides is 3. The molecule has 0 bridgehead atoms. The van der Waals surface area contributed by atoms with Crippen molar-refractivity contribution in [3.05, 3.63) is 17.8 Å². The second-order valence-electron chi connectivity index (χ2n) is 4.14. The lowest BCUT2D eigenvalue weighted by Gasteiger charge is -2.22. The number of aromatic carboxylic acids is 1. The molecule has 1 aliphatic carbocycles. The van der Waals surface area contributed by atoms with Gasteiger partial charge in [0.05, 0.1) is 5.69 Å². The Bertz CT molecular complexity index is 498. The highest BCUT2D eigenvalue weighted by atomic mass is 19.4. The van der Waals surface area contributed by atoms with Gasteiger partial charge in [0.25, 0.3) is 0 Å². The first-order valence-electron chi connectivity index (χ1n) is 5.10. The lowest BCUT2D eigenvalue weighted by atomic mass is 10.2. The Morgan fingerprint density at radius 2 is 2.06 bits per heavy atom. The zero-order valence-electron chi connectivity index (χ0n) is 9.08. The number of nitrogens with one attached hydrogen (secondary N) is 1. The molecule has 0 radical (unpaired) electrons. The normalized spacial score (nSPS) is 17.3. The summed E-state index contributed by atoms with van der Waals surface area (Å²) in [6.45, 7) is 0. The maximum atomic E-state index is 12.7. The van der Waals surface area contributed by atoms with Gasteiger partial charge in [0.15, 0.2) is 11.5 Å².